The highest BCUT2D eigenvalue weighted by molar-refractivity contribution is 5.95. The van der Waals surface area contributed by atoms with Gasteiger partial charge in [-0.25, -0.2) is 0 Å². The third-order valence-electron chi connectivity index (χ3n) is 4.28. The molecule has 6 nitrogen and oxygen atoms in total. The van der Waals surface area contributed by atoms with E-state index in [1.165, 1.54) is 0 Å². The van der Waals surface area contributed by atoms with Crippen molar-refractivity contribution in [1.29, 1.82) is 0 Å². The summed E-state index contributed by atoms with van der Waals surface area (Å²) < 4.78 is 11.3. The molecule has 2 rings (SSSR count). The van der Waals surface area contributed by atoms with Gasteiger partial charge in [0, 0.05) is 5.56 Å². The van der Waals surface area contributed by atoms with Crippen LogP contribution in [0, 0.1) is 5.92 Å². The van der Waals surface area contributed by atoms with E-state index in [-0.39, 0.29) is 12.5 Å². The molecule has 0 atom stereocenters. The number of rotatable bonds is 9. The van der Waals surface area contributed by atoms with E-state index >= 15 is 0 Å². The van der Waals surface area contributed by atoms with Crippen LogP contribution in [0.3, 0.4) is 0 Å². The Balaban J connectivity index is 1.82. The number of carbonyl (C=O) groups is 2. The van der Waals surface area contributed by atoms with E-state index in [0.717, 1.165) is 12.0 Å². The maximum Gasteiger partial charge on any atom is 0.276 e. The Hall–Kier alpha value is -3.02. The molecule has 0 saturated carbocycles. The first-order chi connectivity index (χ1) is 13.9. The summed E-state index contributed by atoms with van der Waals surface area (Å²) in [7, 11) is 0. The molecule has 0 fully saturated rings. The lowest BCUT2D eigenvalue weighted by atomic mass is 10.0. The van der Waals surface area contributed by atoms with Crippen molar-refractivity contribution in [3.8, 4) is 11.5 Å². The first-order valence-corrected chi connectivity index (χ1v) is 9.90. The number of hydrogen-bond acceptors (Lipinski definition) is 4. The Morgan fingerprint density at radius 2 is 1.69 bits per heavy atom. The average molecular weight is 399 g/mol. The lowest BCUT2D eigenvalue weighted by molar-refractivity contribution is -0.123. The molecular formula is C23H30N2O4. The molecular weight excluding hydrogens is 368 g/mol. The largest absolute Gasteiger partial charge is 0.494 e. The van der Waals surface area contributed by atoms with Crippen molar-refractivity contribution in [3.05, 3.63) is 59.7 Å². The van der Waals surface area contributed by atoms with Gasteiger partial charge in [0.15, 0.2) is 6.61 Å². The molecule has 0 bridgehead atoms. The van der Waals surface area contributed by atoms with Crippen LogP contribution in [0.15, 0.2) is 48.5 Å². The van der Waals surface area contributed by atoms with E-state index in [9.17, 15) is 9.59 Å². The SMILES string of the molecule is CC(C)CCOc1cccc(C(=O)NNC(=O)COc2ccccc2C(C)C)c1. The Labute approximate surface area is 172 Å². The summed E-state index contributed by atoms with van der Waals surface area (Å²) in [4.78, 5) is 24.3. The Morgan fingerprint density at radius 3 is 2.41 bits per heavy atom. The van der Waals surface area contributed by atoms with Gasteiger partial charge >= 0.3 is 0 Å². The second-order valence-electron chi connectivity index (χ2n) is 7.54. The van der Waals surface area contributed by atoms with E-state index in [4.69, 9.17) is 9.47 Å². The van der Waals surface area contributed by atoms with Crippen LogP contribution < -0.4 is 20.3 Å². The number of para-hydroxylation sites is 1. The highest BCUT2D eigenvalue weighted by Gasteiger charge is 2.11. The minimum absolute atomic E-state index is 0.192. The standard InChI is InChI=1S/C23H30N2O4/c1-16(2)12-13-28-19-9-7-8-18(14-19)23(27)25-24-22(26)15-29-21-11-6-5-10-20(21)17(3)4/h5-11,14,16-17H,12-13,15H2,1-4H3,(H,24,26)(H,25,27). The number of ether oxygens (including phenoxy) is 2. The fourth-order valence-electron chi connectivity index (χ4n) is 2.61. The van der Waals surface area contributed by atoms with Gasteiger partial charge in [0.05, 0.1) is 6.61 Å². The van der Waals surface area contributed by atoms with Crippen LogP contribution >= 0.6 is 0 Å². The lowest BCUT2D eigenvalue weighted by Gasteiger charge is -2.14. The lowest BCUT2D eigenvalue weighted by Crippen LogP contribution is -2.43. The monoisotopic (exact) mass is 398 g/mol. The maximum absolute atomic E-state index is 12.3. The summed E-state index contributed by atoms with van der Waals surface area (Å²) in [6.07, 6.45) is 0.937. The van der Waals surface area contributed by atoms with Gasteiger partial charge in [-0.1, -0.05) is 52.0 Å². The van der Waals surface area contributed by atoms with Gasteiger partial charge in [-0.15, -0.1) is 0 Å². The van der Waals surface area contributed by atoms with Crippen molar-refractivity contribution in [1.82, 2.24) is 10.9 Å². The fourth-order valence-corrected chi connectivity index (χ4v) is 2.61. The van der Waals surface area contributed by atoms with Crippen LogP contribution in [0.5, 0.6) is 11.5 Å². The van der Waals surface area contributed by atoms with Crippen molar-refractivity contribution in [3.63, 3.8) is 0 Å². The second-order valence-corrected chi connectivity index (χ2v) is 7.54. The van der Waals surface area contributed by atoms with Crippen LogP contribution in [-0.2, 0) is 4.79 Å². The molecule has 0 aromatic heterocycles. The highest BCUT2D eigenvalue weighted by atomic mass is 16.5. The zero-order chi connectivity index (χ0) is 21.2. The zero-order valence-electron chi connectivity index (χ0n) is 17.5. The van der Waals surface area contributed by atoms with Gasteiger partial charge < -0.3 is 9.47 Å². The quantitative estimate of drug-likeness (QED) is 0.624. The summed E-state index contributed by atoms with van der Waals surface area (Å²) in [5.41, 5.74) is 6.20. The first-order valence-electron chi connectivity index (χ1n) is 9.90. The number of hydrazine groups is 1. The van der Waals surface area contributed by atoms with Crippen LogP contribution in [0.2, 0.25) is 0 Å². The van der Waals surface area contributed by atoms with Gasteiger partial charge in [-0.2, -0.15) is 0 Å². The van der Waals surface area contributed by atoms with E-state index in [1.807, 2.05) is 24.3 Å². The molecule has 0 aliphatic rings. The molecule has 2 aromatic rings. The third kappa shape index (κ3) is 7.49. The second kappa shape index (κ2) is 11.1. The molecule has 6 heteroatoms. The van der Waals surface area contributed by atoms with E-state index in [1.54, 1.807) is 24.3 Å². The predicted molar refractivity (Wildman–Crippen MR) is 113 cm³/mol. The fraction of sp³-hybridized carbons (Fsp3) is 0.391. The molecule has 0 aliphatic heterocycles. The van der Waals surface area contributed by atoms with Crippen LogP contribution in [0.25, 0.3) is 0 Å². The summed E-state index contributed by atoms with van der Waals surface area (Å²) in [5, 5.41) is 0. The van der Waals surface area contributed by atoms with Crippen LogP contribution in [0.1, 0.15) is 56.0 Å². The predicted octanol–water partition coefficient (Wildman–Crippen LogP) is 4.07. The third-order valence-corrected chi connectivity index (χ3v) is 4.28. The molecule has 0 heterocycles. The number of amides is 2. The summed E-state index contributed by atoms with van der Waals surface area (Å²) >= 11 is 0. The van der Waals surface area contributed by atoms with Gasteiger partial charge in [0.25, 0.3) is 11.8 Å². The normalized spacial score (nSPS) is 10.7. The Morgan fingerprint density at radius 1 is 0.931 bits per heavy atom. The van der Waals surface area contributed by atoms with Crippen molar-refractivity contribution < 1.29 is 19.1 Å². The van der Waals surface area contributed by atoms with Gasteiger partial charge in [0.1, 0.15) is 11.5 Å². The van der Waals surface area contributed by atoms with Gasteiger partial charge in [0.2, 0.25) is 0 Å². The van der Waals surface area contributed by atoms with E-state index in [2.05, 4.69) is 38.5 Å². The maximum atomic E-state index is 12.3. The molecule has 0 radical (unpaired) electrons. The van der Waals surface area contributed by atoms with Gasteiger partial charge in [-0.05, 0) is 48.1 Å². The summed E-state index contributed by atoms with van der Waals surface area (Å²) in [6, 6.07) is 14.4. The molecule has 0 unspecified atom stereocenters. The molecule has 0 saturated heterocycles. The van der Waals surface area contributed by atoms with Crippen molar-refractivity contribution in [2.45, 2.75) is 40.0 Å². The number of benzene rings is 2. The van der Waals surface area contributed by atoms with E-state index < -0.39 is 11.8 Å². The minimum Gasteiger partial charge on any atom is -0.494 e. The molecule has 0 spiro atoms. The molecule has 156 valence electrons. The zero-order valence-corrected chi connectivity index (χ0v) is 17.5. The molecule has 2 N–H and O–H groups in total. The number of nitrogens with one attached hydrogen (secondary N) is 2. The number of carbonyl (C=O) groups excluding carboxylic acids is 2. The molecule has 2 amide bonds. The van der Waals surface area contributed by atoms with Crippen molar-refractivity contribution in [2.24, 2.45) is 5.92 Å². The number of hydrogen-bond donors (Lipinski definition) is 2. The summed E-state index contributed by atoms with van der Waals surface area (Å²) in [5.74, 6) is 1.25. The average Bonchev–Trinajstić information content (AvgIpc) is 2.70. The molecule has 0 aliphatic carbocycles. The molecule has 29 heavy (non-hydrogen) atoms. The van der Waals surface area contributed by atoms with E-state index in [0.29, 0.717) is 29.6 Å². The topological polar surface area (TPSA) is 76.7 Å². The molecule has 2 aromatic carbocycles. The summed E-state index contributed by atoms with van der Waals surface area (Å²) in [6.45, 7) is 8.77. The van der Waals surface area contributed by atoms with Gasteiger partial charge in [-0.3, -0.25) is 20.4 Å². The van der Waals surface area contributed by atoms with Crippen LogP contribution in [-0.4, -0.2) is 25.0 Å². The Kier molecular flexibility index (Phi) is 8.52. The van der Waals surface area contributed by atoms with Crippen LogP contribution in [0.4, 0.5) is 0 Å². The Bertz CT molecular complexity index is 818. The van der Waals surface area contributed by atoms with Crippen molar-refractivity contribution in [2.75, 3.05) is 13.2 Å². The first kappa shape index (κ1) is 22.3. The smallest absolute Gasteiger partial charge is 0.276 e. The van der Waals surface area contributed by atoms with Crippen molar-refractivity contribution >= 4 is 11.8 Å². The minimum atomic E-state index is -0.443. The highest BCUT2D eigenvalue weighted by Crippen LogP contribution is 2.25.